The first-order chi connectivity index (χ1) is 17.0. The van der Waals surface area contributed by atoms with Gasteiger partial charge in [-0.1, -0.05) is 36.8 Å². The van der Waals surface area contributed by atoms with E-state index in [9.17, 15) is 9.59 Å². The monoisotopic (exact) mass is 468 g/mol. The Kier molecular flexibility index (Phi) is 6.29. The summed E-state index contributed by atoms with van der Waals surface area (Å²) >= 11 is 0. The van der Waals surface area contributed by atoms with E-state index < -0.39 is 0 Å². The summed E-state index contributed by atoms with van der Waals surface area (Å²) < 4.78 is 5.28. The summed E-state index contributed by atoms with van der Waals surface area (Å²) in [4.78, 5) is 24.9. The number of fused-ring (bicyclic) bond motifs is 4. The Hall–Kier alpha value is -2.94. The lowest BCUT2D eigenvalue weighted by Gasteiger charge is -2.52. The summed E-state index contributed by atoms with van der Waals surface area (Å²) in [6.45, 7) is 10.2. The number of hydrogen-bond acceptors (Lipinski definition) is 3. The van der Waals surface area contributed by atoms with Crippen molar-refractivity contribution in [1.29, 1.82) is 0 Å². The normalized spacial score (nSPS) is 31.5. The number of furan rings is 1. The molecular weight excluding hydrogens is 432 g/mol. The quantitative estimate of drug-likeness (QED) is 0.431. The van der Waals surface area contributed by atoms with Gasteiger partial charge in [0, 0.05) is 23.8 Å². The first kappa shape index (κ1) is 23.8. The standard InChI is InChI=1S/C30H32O3.C2H4/c1-18(31)27-11-12-28-25-9-7-21-15-23(32)8-10-24(21)29(25)26(16-30(27,28)2)20-5-3-19(4-6-20)22-13-14-33-17-22;1-2/h3-6,13-15,17,25-28H,7-12,16H2,1-2H3;1-2H2. The van der Waals surface area contributed by atoms with Crippen LogP contribution in [0.4, 0.5) is 0 Å². The van der Waals surface area contributed by atoms with E-state index >= 15 is 0 Å². The molecule has 4 aliphatic carbocycles. The first-order valence-electron chi connectivity index (χ1n) is 13.1. The van der Waals surface area contributed by atoms with Crippen LogP contribution in [-0.2, 0) is 9.59 Å². The van der Waals surface area contributed by atoms with Gasteiger partial charge in [0.15, 0.2) is 5.78 Å². The molecule has 0 radical (unpaired) electrons. The highest BCUT2D eigenvalue weighted by atomic mass is 16.3. The van der Waals surface area contributed by atoms with Gasteiger partial charge in [0.05, 0.1) is 12.5 Å². The van der Waals surface area contributed by atoms with Crippen LogP contribution in [0.15, 0.2) is 83.2 Å². The predicted molar refractivity (Wildman–Crippen MR) is 140 cm³/mol. The number of hydrogen-bond donors (Lipinski definition) is 0. The number of rotatable bonds is 3. The van der Waals surface area contributed by atoms with Gasteiger partial charge in [-0.25, -0.2) is 0 Å². The summed E-state index contributed by atoms with van der Waals surface area (Å²) in [5.41, 5.74) is 8.03. The minimum atomic E-state index is 0.0557. The van der Waals surface area contributed by atoms with Crippen molar-refractivity contribution in [2.45, 2.75) is 64.7 Å². The molecule has 2 aromatic rings. The van der Waals surface area contributed by atoms with Crippen LogP contribution in [0.3, 0.4) is 0 Å². The highest BCUT2D eigenvalue weighted by Gasteiger charge is 2.57. The number of carbonyl (C=O) groups is 2. The molecule has 1 aromatic heterocycles. The van der Waals surface area contributed by atoms with Gasteiger partial charge in [0.25, 0.3) is 0 Å². The molecule has 0 bridgehead atoms. The van der Waals surface area contributed by atoms with Gasteiger partial charge >= 0.3 is 0 Å². The maximum absolute atomic E-state index is 12.7. The second kappa shape index (κ2) is 9.26. The third-order valence-electron chi connectivity index (χ3n) is 9.39. The molecule has 35 heavy (non-hydrogen) atoms. The minimum absolute atomic E-state index is 0.0557. The van der Waals surface area contributed by atoms with Crippen LogP contribution in [0, 0.1) is 23.2 Å². The van der Waals surface area contributed by atoms with Crippen LogP contribution < -0.4 is 0 Å². The van der Waals surface area contributed by atoms with Gasteiger partial charge in [0.2, 0.25) is 0 Å². The smallest absolute Gasteiger partial charge is 0.156 e. The van der Waals surface area contributed by atoms with Gasteiger partial charge < -0.3 is 4.42 Å². The minimum Gasteiger partial charge on any atom is -0.472 e. The Bertz CT molecular complexity index is 1180. The van der Waals surface area contributed by atoms with Crippen LogP contribution in [-0.4, -0.2) is 11.6 Å². The average Bonchev–Trinajstić information content (AvgIpc) is 3.52. The number of benzene rings is 1. The zero-order valence-corrected chi connectivity index (χ0v) is 21.0. The van der Waals surface area contributed by atoms with Crippen molar-refractivity contribution in [3.8, 4) is 11.1 Å². The Morgan fingerprint density at radius 3 is 2.46 bits per heavy atom. The van der Waals surface area contributed by atoms with Gasteiger partial charge in [0.1, 0.15) is 5.78 Å². The van der Waals surface area contributed by atoms with Crippen molar-refractivity contribution in [3.05, 3.63) is 84.4 Å². The van der Waals surface area contributed by atoms with Crippen molar-refractivity contribution in [2.24, 2.45) is 23.2 Å². The highest BCUT2D eigenvalue weighted by Crippen LogP contribution is 2.65. The summed E-state index contributed by atoms with van der Waals surface area (Å²) in [6, 6.07) is 11.0. The largest absolute Gasteiger partial charge is 0.472 e. The van der Waals surface area contributed by atoms with Crippen LogP contribution >= 0.6 is 0 Å². The molecule has 4 aliphatic rings. The van der Waals surface area contributed by atoms with Crippen LogP contribution in [0.5, 0.6) is 0 Å². The number of allylic oxidation sites excluding steroid dienone is 4. The van der Waals surface area contributed by atoms with E-state index in [2.05, 4.69) is 44.3 Å². The molecule has 0 aliphatic heterocycles. The maximum atomic E-state index is 12.7. The van der Waals surface area contributed by atoms with Crippen LogP contribution in [0.25, 0.3) is 11.1 Å². The zero-order chi connectivity index (χ0) is 24.7. The number of carbonyl (C=O) groups excluding carboxylic acids is 2. The van der Waals surface area contributed by atoms with Crippen LogP contribution in [0.2, 0.25) is 0 Å². The Morgan fingerprint density at radius 2 is 1.77 bits per heavy atom. The summed E-state index contributed by atoms with van der Waals surface area (Å²) in [6.07, 6.45) is 12.3. The predicted octanol–water partition coefficient (Wildman–Crippen LogP) is 7.85. The van der Waals surface area contributed by atoms with E-state index in [0.29, 0.717) is 30.0 Å². The summed E-state index contributed by atoms with van der Waals surface area (Å²) in [5, 5.41) is 0. The molecule has 0 N–H and O–H groups in total. The molecular formula is C32H36O3. The number of Topliss-reactive ketones (excluding diaryl/α,β-unsaturated/α-hetero) is 1. The van der Waals surface area contributed by atoms with Gasteiger partial charge in [-0.3, -0.25) is 9.59 Å². The van der Waals surface area contributed by atoms with Crippen molar-refractivity contribution in [2.75, 3.05) is 0 Å². The zero-order valence-electron chi connectivity index (χ0n) is 21.0. The third-order valence-corrected chi connectivity index (χ3v) is 9.39. The molecule has 5 unspecified atom stereocenters. The van der Waals surface area contributed by atoms with Crippen molar-refractivity contribution in [3.63, 3.8) is 0 Å². The van der Waals surface area contributed by atoms with E-state index in [0.717, 1.165) is 49.7 Å². The van der Waals surface area contributed by atoms with Crippen molar-refractivity contribution >= 4 is 11.6 Å². The van der Waals surface area contributed by atoms with Gasteiger partial charge in [-0.05, 0) is 97.1 Å². The van der Waals surface area contributed by atoms with Crippen molar-refractivity contribution in [1.82, 2.24) is 0 Å². The van der Waals surface area contributed by atoms with E-state index in [1.165, 1.54) is 16.7 Å². The van der Waals surface area contributed by atoms with E-state index in [1.807, 2.05) is 12.1 Å². The Morgan fingerprint density at radius 1 is 1.00 bits per heavy atom. The summed E-state index contributed by atoms with van der Waals surface area (Å²) in [7, 11) is 0. The molecule has 2 saturated carbocycles. The Labute approximate surface area is 209 Å². The fourth-order valence-electron chi connectivity index (χ4n) is 7.96. The average molecular weight is 469 g/mol. The SMILES string of the molecule is C=C.CC(=O)C1CCC2C3CCC4=CC(=O)CCC4=C3C(c3ccc(-c4ccoc4)cc3)CC12C. The fraction of sp³-hybridized carbons (Fsp3) is 0.438. The van der Waals surface area contributed by atoms with Gasteiger partial charge in [-0.2, -0.15) is 0 Å². The second-order valence-electron chi connectivity index (χ2n) is 11.0. The molecule has 0 saturated heterocycles. The molecule has 3 nitrogen and oxygen atoms in total. The highest BCUT2D eigenvalue weighted by molar-refractivity contribution is 5.93. The lowest BCUT2D eigenvalue weighted by atomic mass is 9.51. The lowest BCUT2D eigenvalue weighted by Crippen LogP contribution is -2.44. The first-order valence-corrected chi connectivity index (χ1v) is 13.1. The molecule has 2 fully saturated rings. The van der Waals surface area contributed by atoms with E-state index in [4.69, 9.17) is 4.42 Å². The molecule has 182 valence electrons. The molecule has 5 atom stereocenters. The molecule has 0 spiro atoms. The fourth-order valence-corrected chi connectivity index (χ4v) is 7.96. The van der Waals surface area contributed by atoms with E-state index in [1.54, 1.807) is 25.0 Å². The molecule has 1 heterocycles. The third kappa shape index (κ3) is 3.90. The van der Waals surface area contributed by atoms with Gasteiger partial charge in [-0.15, -0.1) is 13.2 Å². The lowest BCUT2D eigenvalue weighted by molar-refractivity contribution is -0.125. The molecule has 3 heteroatoms. The van der Waals surface area contributed by atoms with E-state index in [-0.39, 0.29) is 17.1 Å². The molecule has 6 rings (SSSR count). The van der Waals surface area contributed by atoms with Crippen molar-refractivity contribution < 1.29 is 14.0 Å². The van der Waals surface area contributed by atoms with Crippen LogP contribution in [0.1, 0.15) is 70.3 Å². The number of ketones is 2. The summed E-state index contributed by atoms with van der Waals surface area (Å²) in [5.74, 6) is 2.26. The molecule has 1 aromatic carbocycles. The topological polar surface area (TPSA) is 47.3 Å². The molecule has 0 amide bonds. The Balaban J connectivity index is 0.00000124. The maximum Gasteiger partial charge on any atom is 0.156 e. The second-order valence-corrected chi connectivity index (χ2v) is 11.0.